The van der Waals surface area contributed by atoms with E-state index < -0.39 is 0 Å². The maximum atomic E-state index is 13.0. The molecule has 2 saturated heterocycles. The fraction of sp³-hybridized carbons (Fsp3) is 0.478. The Kier molecular flexibility index (Phi) is 5.29. The van der Waals surface area contributed by atoms with Crippen molar-refractivity contribution in [2.24, 2.45) is 11.8 Å². The minimum atomic E-state index is -0.0189. The maximum absolute atomic E-state index is 13.0. The van der Waals surface area contributed by atoms with E-state index in [-0.39, 0.29) is 5.56 Å². The molecule has 0 saturated carbocycles. The van der Waals surface area contributed by atoms with Crippen molar-refractivity contribution in [1.29, 1.82) is 0 Å². The van der Waals surface area contributed by atoms with Crippen molar-refractivity contribution in [3.05, 3.63) is 51.9 Å². The van der Waals surface area contributed by atoms with Crippen LogP contribution in [0.5, 0.6) is 0 Å². The summed E-state index contributed by atoms with van der Waals surface area (Å²) in [5.74, 6) is 3.09. The van der Waals surface area contributed by atoms with Crippen molar-refractivity contribution in [1.82, 2.24) is 19.3 Å². The molecule has 2 aliphatic rings. The smallest absolute Gasteiger partial charge is 0.261 e. The van der Waals surface area contributed by atoms with Crippen LogP contribution in [-0.2, 0) is 6.54 Å². The number of imidazole rings is 1. The van der Waals surface area contributed by atoms with Gasteiger partial charge >= 0.3 is 0 Å². The summed E-state index contributed by atoms with van der Waals surface area (Å²) in [7, 11) is 0. The first-order valence-electron chi connectivity index (χ1n) is 11.0. The number of hydrogen-bond acceptors (Lipinski definition) is 4. The number of benzene rings is 1. The molecule has 2 aromatic heterocycles. The van der Waals surface area contributed by atoms with E-state index in [2.05, 4.69) is 21.7 Å². The molecule has 4 heterocycles. The molecular weight excluding hydrogens is 398 g/mol. The molecule has 7 heteroatoms. The second kappa shape index (κ2) is 8.08. The van der Waals surface area contributed by atoms with Gasteiger partial charge in [0.25, 0.3) is 5.56 Å². The lowest BCUT2D eigenvalue weighted by Crippen LogP contribution is -2.31. The highest BCUT2D eigenvalue weighted by atomic mass is 35.5. The second-order valence-corrected chi connectivity index (χ2v) is 9.02. The van der Waals surface area contributed by atoms with Gasteiger partial charge in [0.05, 0.1) is 5.69 Å². The minimum absolute atomic E-state index is 0.0189. The molecule has 1 N–H and O–H groups in total. The summed E-state index contributed by atoms with van der Waals surface area (Å²) in [5, 5.41) is 4.19. The summed E-state index contributed by atoms with van der Waals surface area (Å²) < 4.78 is 3.95. The summed E-state index contributed by atoms with van der Waals surface area (Å²) >= 11 is 6.04. The van der Waals surface area contributed by atoms with Gasteiger partial charge in [-0.05, 0) is 30.4 Å². The Morgan fingerprint density at radius 1 is 1.13 bits per heavy atom. The molecule has 0 bridgehead atoms. The summed E-state index contributed by atoms with van der Waals surface area (Å²) in [4.78, 5) is 20.3. The van der Waals surface area contributed by atoms with Gasteiger partial charge in [-0.1, -0.05) is 43.5 Å². The zero-order valence-corrected chi connectivity index (χ0v) is 18.1. The van der Waals surface area contributed by atoms with E-state index in [0.717, 1.165) is 74.8 Å². The van der Waals surface area contributed by atoms with Crippen LogP contribution < -0.4 is 15.8 Å². The second-order valence-electron chi connectivity index (χ2n) is 8.59. The van der Waals surface area contributed by atoms with Gasteiger partial charge in [-0.3, -0.25) is 13.8 Å². The first-order chi connectivity index (χ1) is 14.6. The highest BCUT2D eigenvalue weighted by Gasteiger charge is 2.37. The number of rotatable bonds is 6. The van der Waals surface area contributed by atoms with E-state index in [1.807, 2.05) is 30.5 Å². The molecule has 0 spiro atoms. The molecule has 6 nitrogen and oxygen atoms in total. The molecular formula is C23H28ClN5O. The molecule has 3 aromatic rings. The summed E-state index contributed by atoms with van der Waals surface area (Å²) in [6.07, 6.45) is 5.25. The first-order valence-corrected chi connectivity index (χ1v) is 11.4. The van der Waals surface area contributed by atoms with Crippen molar-refractivity contribution < 1.29 is 0 Å². The van der Waals surface area contributed by atoms with Gasteiger partial charge in [0, 0.05) is 55.6 Å². The Balaban J connectivity index is 1.59. The Hall–Kier alpha value is -2.31. The van der Waals surface area contributed by atoms with Crippen molar-refractivity contribution in [3.63, 3.8) is 0 Å². The van der Waals surface area contributed by atoms with Gasteiger partial charge in [-0.2, -0.15) is 0 Å². The van der Waals surface area contributed by atoms with Crippen molar-refractivity contribution in [3.8, 4) is 11.3 Å². The van der Waals surface area contributed by atoms with Crippen LogP contribution in [0.2, 0.25) is 5.02 Å². The standard InChI is InChI=1S/C23H28ClN5O/c1-2-3-4-9-28-21(27-13-17-11-25-12-18(17)14-27)10-22(30)29-15-20(26-23(28)29)16-5-7-19(24)8-6-16/h5-8,10,15,17-18,25H,2-4,9,11-14H2,1H3. The molecule has 2 atom stereocenters. The van der Waals surface area contributed by atoms with E-state index in [1.165, 1.54) is 0 Å². The summed E-state index contributed by atoms with van der Waals surface area (Å²) in [5.41, 5.74) is 1.74. The number of nitrogens with one attached hydrogen (secondary N) is 1. The number of halogens is 1. The van der Waals surface area contributed by atoms with Crippen LogP contribution >= 0.6 is 11.6 Å². The lowest BCUT2D eigenvalue weighted by atomic mass is 10.0. The van der Waals surface area contributed by atoms with Crippen LogP contribution in [0.4, 0.5) is 5.82 Å². The number of aryl methyl sites for hydroxylation is 1. The Morgan fingerprint density at radius 3 is 2.57 bits per heavy atom. The molecule has 0 amide bonds. The van der Waals surface area contributed by atoms with Crippen LogP contribution in [0.3, 0.4) is 0 Å². The number of unbranched alkanes of at least 4 members (excludes halogenated alkanes) is 2. The molecule has 0 radical (unpaired) electrons. The number of nitrogens with zero attached hydrogens (tertiary/aromatic N) is 4. The lowest BCUT2D eigenvalue weighted by molar-refractivity contribution is 0.533. The third-order valence-electron chi connectivity index (χ3n) is 6.53. The number of anilines is 1. The van der Waals surface area contributed by atoms with Gasteiger partial charge in [0.1, 0.15) is 5.82 Å². The Labute approximate surface area is 181 Å². The van der Waals surface area contributed by atoms with Crippen molar-refractivity contribution in [2.45, 2.75) is 32.7 Å². The van der Waals surface area contributed by atoms with E-state index in [4.69, 9.17) is 16.6 Å². The van der Waals surface area contributed by atoms with E-state index in [1.54, 1.807) is 10.5 Å². The monoisotopic (exact) mass is 425 g/mol. The summed E-state index contributed by atoms with van der Waals surface area (Å²) in [6.45, 7) is 7.25. The number of aromatic nitrogens is 3. The molecule has 0 aliphatic carbocycles. The highest BCUT2D eigenvalue weighted by Crippen LogP contribution is 2.31. The third-order valence-corrected chi connectivity index (χ3v) is 6.79. The normalized spacial score (nSPS) is 20.9. The molecule has 1 aromatic carbocycles. The van der Waals surface area contributed by atoms with Crippen LogP contribution in [-0.4, -0.2) is 40.1 Å². The fourth-order valence-electron chi connectivity index (χ4n) is 4.88. The Bertz CT molecular complexity index is 1090. The number of hydrogen-bond donors (Lipinski definition) is 1. The summed E-state index contributed by atoms with van der Waals surface area (Å²) in [6, 6.07) is 9.42. The molecule has 2 fully saturated rings. The van der Waals surface area contributed by atoms with Crippen LogP contribution in [0, 0.1) is 11.8 Å². The highest BCUT2D eigenvalue weighted by molar-refractivity contribution is 6.30. The SMILES string of the molecule is CCCCCn1c(N2CC3CNCC3C2)cc(=O)n2cc(-c3ccc(Cl)cc3)nc12. The van der Waals surface area contributed by atoms with Crippen LogP contribution in [0.1, 0.15) is 26.2 Å². The lowest BCUT2D eigenvalue weighted by Gasteiger charge is -2.24. The molecule has 30 heavy (non-hydrogen) atoms. The predicted octanol–water partition coefficient (Wildman–Crippen LogP) is 3.66. The quantitative estimate of drug-likeness (QED) is 0.612. The van der Waals surface area contributed by atoms with Gasteiger partial charge in [0.2, 0.25) is 5.78 Å². The predicted molar refractivity (Wildman–Crippen MR) is 121 cm³/mol. The molecule has 2 unspecified atom stereocenters. The molecule has 2 aliphatic heterocycles. The zero-order valence-electron chi connectivity index (χ0n) is 17.4. The maximum Gasteiger partial charge on any atom is 0.261 e. The van der Waals surface area contributed by atoms with Crippen LogP contribution in [0.25, 0.3) is 17.0 Å². The van der Waals surface area contributed by atoms with Crippen LogP contribution in [0.15, 0.2) is 41.3 Å². The minimum Gasteiger partial charge on any atom is -0.357 e. The Morgan fingerprint density at radius 2 is 1.87 bits per heavy atom. The topological polar surface area (TPSA) is 54.6 Å². The van der Waals surface area contributed by atoms with Crippen molar-refractivity contribution in [2.75, 3.05) is 31.1 Å². The zero-order chi connectivity index (χ0) is 20.7. The van der Waals surface area contributed by atoms with Gasteiger partial charge in [0.15, 0.2) is 0 Å². The van der Waals surface area contributed by atoms with E-state index >= 15 is 0 Å². The molecule has 158 valence electrons. The molecule has 5 rings (SSSR count). The largest absolute Gasteiger partial charge is 0.357 e. The van der Waals surface area contributed by atoms with Gasteiger partial charge in [-0.15, -0.1) is 0 Å². The van der Waals surface area contributed by atoms with Gasteiger partial charge in [-0.25, -0.2) is 4.98 Å². The van der Waals surface area contributed by atoms with Crippen molar-refractivity contribution >= 4 is 23.2 Å². The fourth-order valence-corrected chi connectivity index (χ4v) is 5.01. The first kappa shape index (κ1) is 19.6. The average molecular weight is 426 g/mol. The van der Waals surface area contributed by atoms with Gasteiger partial charge < -0.3 is 10.2 Å². The van der Waals surface area contributed by atoms with E-state index in [9.17, 15) is 4.79 Å². The average Bonchev–Trinajstić information content (AvgIpc) is 3.44. The number of fused-ring (bicyclic) bond motifs is 2. The third kappa shape index (κ3) is 3.52. The van der Waals surface area contributed by atoms with E-state index in [0.29, 0.717) is 16.9 Å².